The fourth-order valence-electron chi connectivity index (χ4n) is 3.58. The molecule has 0 aromatic carbocycles. The van der Waals surface area contributed by atoms with Crippen LogP contribution in [-0.4, -0.2) is 73.2 Å². The molecule has 0 radical (unpaired) electrons. The zero-order chi connectivity index (χ0) is 18.7. The van der Waals surface area contributed by atoms with Crippen LogP contribution in [0.5, 0.6) is 11.6 Å². The maximum atomic E-state index is 14.1. The van der Waals surface area contributed by atoms with E-state index in [0.717, 1.165) is 38.8 Å². The molecule has 0 bridgehead atoms. The number of aromatic nitrogens is 1. The lowest BCUT2D eigenvalue weighted by Gasteiger charge is -2.22. The van der Waals surface area contributed by atoms with Crippen LogP contribution in [0.15, 0.2) is 6.07 Å². The van der Waals surface area contributed by atoms with E-state index in [1.54, 1.807) is 0 Å². The Morgan fingerprint density at radius 1 is 1.19 bits per heavy atom. The van der Waals surface area contributed by atoms with Crippen molar-refractivity contribution in [2.75, 3.05) is 40.4 Å². The summed E-state index contributed by atoms with van der Waals surface area (Å²) in [4.78, 5) is 19.7. The molecule has 2 aliphatic heterocycles. The number of pyridine rings is 1. The third-order valence-electron chi connectivity index (χ3n) is 5.36. The summed E-state index contributed by atoms with van der Waals surface area (Å²) in [6, 6.07) is 1.85. The molecule has 0 saturated carbocycles. The number of carbonyl (C=O) groups is 1. The summed E-state index contributed by atoms with van der Waals surface area (Å²) in [5, 5.41) is 0. The molecule has 0 aliphatic carbocycles. The van der Waals surface area contributed by atoms with Crippen LogP contribution in [0.25, 0.3) is 0 Å². The average Bonchev–Trinajstić information content (AvgIpc) is 3.19. The number of nitrogens with zero attached hydrogens (tertiary/aromatic N) is 3. The van der Waals surface area contributed by atoms with Crippen molar-refractivity contribution in [2.45, 2.75) is 37.8 Å². The fourth-order valence-corrected chi connectivity index (χ4v) is 3.58. The minimum absolute atomic E-state index is 0.0773. The lowest BCUT2D eigenvalue weighted by molar-refractivity contribution is 0.0994. The van der Waals surface area contributed by atoms with Gasteiger partial charge in [-0.3, -0.25) is 4.79 Å². The van der Waals surface area contributed by atoms with Gasteiger partial charge in [0.25, 0.3) is 11.8 Å². The van der Waals surface area contributed by atoms with E-state index < -0.39 is 11.9 Å². The number of rotatable bonds is 7. The summed E-state index contributed by atoms with van der Waals surface area (Å²) in [5.41, 5.74) is 4.95. The molecule has 8 heteroatoms. The molecule has 3 heterocycles. The molecule has 7 nitrogen and oxygen atoms in total. The molecule has 2 atom stereocenters. The predicted octanol–water partition coefficient (Wildman–Crippen LogP) is 1.27. The molecule has 3 rings (SSSR count). The van der Waals surface area contributed by atoms with Crippen LogP contribution in [0.1, 0.15) is 36.0 Å². The number of likely N-dealkylation sites (N-methyl/N-ethyl adjacent to an activating group) is 2. The molecule has 2 N–H and O–H groups in total. The first-order chi connectivity index (χ1) is 12.5. The maximum absolute atomic E-state index is 14.1. The quantitative estimate of drug-likeness (QED) is 0.732. The largest absolute Gasteiger partial charge is 0.486 e. The molecule has 1 aromatic heterocycles. The lowest BCUT2D eigenvalue weighted by Crippen LogP contribution is -2.32. The third kappa shape index (κ3) is 4.24. The van der Waals surface area contributed by atoms with Crippen LogP contribution in [0.4, 0.5) is 4.39 Å². The van der Waals surface area contributed by atoms with Crippen molar-refractivity contribution in [1.29, 1.82) is 0 Å². The van der Waals surface area contributed by atoms with Crippen LogP contribution in [-0.2, 0) is 0 Å². The Bertz CT molecular complexity index is 658. The summed E-state index contributed by atoms with van der Waals surface area (Å²) in [6.45, 7) is 2.88. The van der Waals surface area contributed by atoms with Crippen molar-refractivity contribution in [2.24, 2.45) is 5.73 Å². The number of carbonyl (C=O) groups excluding carboxylic acids is 1. The lowest BCUT2D eigenvalue weighted by atomic mass is 10.2. The van der Waals surface area contributed by atoms with E-state index in [0.29, 0.717) is 13.2 Å². The highest BCUT2D eigenvalue weighted by Gasteiger charge is 2.25. The van der Waals surface area contributed by atoms with Crippen molar-refractivity contribution in [3.05, 3.63) is 17.6 Å². The highest BCUT2D eigenvalue weighted by atomic mass is 19.1. The van der Waals surface area contributed by atoms with Crippen molar-refractivity contribution >= 4 is 5.91 Å². The Morgan fingerprint density at radius 2 is 1.77 bits per heavy atom. The van der Waals surface area contributed by atoms with Crippen LogP contribution in [0, 0.1) is 5.95 Å². The molecule has 26 heavy (non-hydrogen) atoms. The number of halogens is 1. The highest BCUT2D eigenvalue weighted by Crippen LogP contribution is 2.29. The topological polar surface area (TPSA) is 80.9 Å². The molecule has 2 saturated heterocycles. The van der Waals surface area contributed by atoms with Gasteiger partial charge >= 0.3 is 0 Å². The minimum Gasteiger partial charge on any atom is -0.486 e. The van der Waals surface area contributed by atoms with Crippen LogP contribution < -0.4 is 15.2 Å². The normalized spacial score (nSPS) is 24.1. The fraction of sp³-hybridized carbons (Fsp3) is 0.667. The molecular formula is C18H27FN4O3. The highest BCUT2D eigenvalue weighted by molar-refractivity contribution is 5.93. The third-order valence-corrected chi connectivity index (χ3v) is 5.36. The molecule has 1 amide bonds. The number of likely N-dealkylation sites (tertiary alicyclic amines) is 2. The van der Waals surface area contributed by atoms with Gasteiger partial charge in [0.15, 0.2) is 5.75 Å². The van der Waals surface area contributed by atoms with Gasteiger partial charge in [-0.2, -0.15) is 9.37 Å². The standard InChI is InChI=1S/C18H27FN4O3/c1-22-7-3-5-12(22)10-25-15-9-14(17(20)24)16(19)21-18(15)26-11-13-6-4-8-23(13)2/h9,12-13H,3-8,10-11H2,1-2H3,(H2,20,24)/t12-,13-/m0/s1. The van der Waals surface area contributed by atoms with Crippen molar-refractivity contribution in [1.82, 2.24) is 14.8 Å². The first-order valence-electron chi connectivity index (χ1n) is 9.12. The zero-order valence-electron chi connectivity index (χ0n) is 15.4. The first kappa shape index (κ1) is 18.8. The van der Waals surface area contributed by atoms with Crippen molar-refractivity contribution in [3.8, 4) is 11.6 Å². The molecule has 0 spiro atoms. The number of hydrogen-bond acceptors (Lipinski definition) is 6. The number of nitrogens with two attached hydrogens (primary N) is 1. The van der Waals surface area contributed by atoms with E-state index in [9.17, 15) is 9.18 Å². The van der Waals surface area contributed by atoms with Crippen LogP contribution >= 0.6 is 0 Å². The Balaban J connectivity index is 1.74. The average molecular weight is 366 g/mol. The minimum atomic E-state index is -0.933. The molecule has 2 aliphatic rings. The summed E-state index contributed by atoms with van der Waals surface area (Å²) >= 11 is 0. The maximum Gasteiger partial charge on any atom is 0.259 e. The van der Waals surface area contributed by atoms with E-state index in [4.69, 9.17) is 15.2 Å². The monoisotopic (exact) mass is 366 g/mol. The smallest absolute Gasteiger partial charge is 0.259 e. The van der Waals surface area contributed by atoms with Crippen LogP contribution in [0.2, 0.25) is 0 Å². The van der Waals surface area contributed by atoms with Gasteiger partial charge in [-0.15, -0.1) is 0 Å². The predicted molar refractivity (Wildman–Crippen MR) is 95.0 cm³/mol. The molecule has 0 unspecified atom stereocenters. The molecule has 1 aromatic rings. The second-order valence-electron chi connectivity index (χ2n) is 7.17. The van der Waals surface area contributed by atoms with Gasteiger partial charge in [0, 0.05) is 18.2 Å². The van der Waals surface area contributed by atoms with Gasteiger partial charge in [0.05, 0.1) is 5.56 Å². The number of hydrogen-bond donors (Lipinski definition) is 1. The Hall–Kier alpha value is -1.93. The molecular weight excluding hydrogens is 339 g/mol. The van der Waals surface area contributed by atoms with Gasteiger partial charge in [-0.05, 0) is 52.9 Å². The number of primary amides is 1. The van der Waals surface area contributed by atoms with E-state index in [2.05, 4.69) is 14.8 Å². The Kier molecular flexibility index (Phi) is 5.93. The van der Waals surface area contributed by atoms with Gasteiger partial charge in [0.1, 0.15) is 13.2 Å². The van der Waals surface area contributed by atoms with E-state index in [-0.39, 0.29) is 29.3 Å². The number of ether oxygens (including phenoxy) is 2. The van der Waals surface area contributed by atoms with Gasteiger partial charge in [-0.1, -0.05) is 0 Å². The second kappa shape index (κ2) is 8.18. The van der Waals surface area contributed by atoms with E-state index >= 15 is 0 Å². The SMILES string of the molecule is CN1CCC[C@H]1COc1cc(C(N)=O)c(F)nc1OC[C@@H]1CCCN1C. The summed E-state index contributed by atoms with van der Waals surface area (Å²) in [7, 11) is 4.09. The van der Waals surface area contributed by atoms with Gasteiger partial charge in [0.2, 0.25) is 5.95 Å². The van der Waals surface area contributed by atoms with Crippen LogP contribution in [0.3, 0.4) is 0 Å². The first-order valence-corrected chi connectivity index (χ1v) is 9.12. The summed E-state index contributed by atoms with van der Waals surface area (Å²) < 4.78 is 25.7. The van der Waals surface area contributed by atoms with Gasteiger partial charge in [-0.25, -0.2) is 0 Å². The number of amides is 1. The van der Waals surface area contributed by atoms with Crippen molar-refractivity contribution in [3.63, 3.8) is 0 Å². The van der Waals surface area contributed by atoms with Crippen molar-refractivity contribution < 1.29 is 18.7 Å². The molecule has 144 valence electrons. The molecule has 2 fully saturated rings. The summed E-state index contributed by atoms with van der Waals surface area (Å²) in [5.74, 6) is -1.47. The zero-order valence-corrected chi connectivity index (χ0v) is 15.4. The second-order valence-corrected chi connectivity index (χ2v) is 7.17. The summed E-state index contributed by atoms with van der Waals surface area (Å²) in [6.07, 6.45) is 4.30. The van der Waals surface area contributed by atoms with Gasteiger partial charge < -0.3 is 25.0 Å². The Labute approximate surface area is 153 Å². The van der Waals surface area contributed by atoms with E-state index in [1.807, 2.05) is 14.1 Å². The van der Waals surface area contributed by atoms with E-state index in [1.165, 1.54) is 6.07 Å². The Morgan fingerprint density at radius 3 is 2.27 bits per heavy atom.